The maximum absolute atomic E-state index is 11.8. The average Bonchev–Trinajstić information content (AvgIpc) is 3.23. The molecule has 7 heteroatoms. The smallest absolute Gasteiger partial charge is 0.246 e. The highest BCUT2D eigenvalue weighted by atomic mass is 16.5. The zero-order chi connectivity index (χ0) is 15.2. The molecule has 2 aromatic heterocycles. The van der Waals surface area contributed by atoms with Crippen molar-refractivity contribution in [1.29, 1.82) is 0 Å². The number of nitrogens with one attached hydrogen (secondary N) is 2. The predicted molar refractivity (Wildman–Crippen MR) is 79.6 cm³/mol. The Morgan fingerprint density at radius 1 is 1.41 bits per heavy atom. The molecule has 0 radical (unpaired) electrons. The van der Waals surface area contributed by atoms with E-state index in [0.717, 1.165) is 31.5 Å². The lowest BCUT2D eigenvalue weighted by Crippen LogP contribution is -2.23. The average molecular weight is 301 g/mol. The zero-order valence-corrected chi connectivity index (χ0v) is 12.3. The Bertz CT molecular complexity index is 607. The van der Waals surface area contributed by atoms with E-state index in [0.29, 0.717) is 24.1 Å². The Morgan fingerprint density at radius 2 is 2.27 bits per heavy atom. The van der Waals surface area contributed by atoms with Gasteiger partial charge in [0, 0.05) is 24.4 Å². The number of hydrogen-bond acceptors (Lipinski definition) is 6. The van der Waals surface area contributed by atoms with E-state index in [1.807, 2.05) is 12.1 Å². The van der Waals surface area contributed by atoms with Gasteiger partial charge < -0.3 is 15.2 Å². The lowest BCUT2D eigenvalue weighted by molar-refractivity contribution is -0.121. The van der Waals surface area contributed by atoms with Crippen molar-refractivity contribution in [2.24, 2.45) is 5.92 Å². The second kappa shape index (κ2) is 7.13. The van der Waals surface area contributed by atoms with Gasteiger partial charge in [-0.25, -0.2) is 0 Å². The van der Waals surface area contributed by atoms with Gasteiger partial charge in [-0.3, -0.25) is 9.78 Å². The summed E-state index contributed by atoms with van der Waals surface area (Å²) in [7, 11) is 0. The van der Waals surface area contributed by atoms with Crippen LogP contribution in [0.25, 0.3) is 11.4 Å². The summed E-state index contributed by atoms with van der Waals surface area (Å²) in [6, 6.07) is 3.62. The van der Waals surface area contributed by atoms with E-state index in [1.54, 1.807) is 12.4 Å². The number of aromatic nitrogens is 3. The molecule has 22 heavy (non-hydrogen) atoms. The van der Waals surface area contributed by atoms with Crippen LogP contribution < -0.4 is 10.6 Å². The van der Waals surface area contributed by atoms with Crippen molar-refractivity contribution in [3.8, 4) is 11.4 Å². The fourth-order valence-corrected chi connectivity index (χ4v) is 2.50. The molecule has 116 valence electrons. The van der Waals surface area contributed by atoms with Gasteiger partial charge in [0.05, 0.1) is 6.54 Å². The summed E-state index contributed by atoms with van der Waals surface area (Å²) in [5.41, 5.74) is 0.838. The lowest BCUT2D eigenvalue weighted by Gasteiger charge is -2.07. The molecular weight excluding hydrogens is 282 g/mol. The lowest BCUT2D eigenvalue weighted by atomic mass is 10.0. The Balaban J connectivity index is 1.45. The molecule has 0 aliphatic carbocycles. The third-order valence-corrected chi connectivity index (χ3v) is 3.79. The molecule has 1 aliphatic heterocycles. The molecule has 3 rings (SSSR count). The van der Waals surface area contributed by atoms with Gasteiger partial charge in [-0.15, -0.1) is 0 Å². The molecule has 1 aliphatic rings. The number of amides is 1. The maximum atomic E-state index is 11.8. The molecule has 0 spiro atoms. The van der Waals surface area contributed by atoms with Crippen molar-refractivity contribution >= 4 is 5.91 Å². The first-order chi connectivity index (χ1) is 10.8. The molecule has 1 saturated heterocycles. The standard InChI is InChI=1S/C15H19N5O2/c21-13(2-1-11-3-6-17-9-11)18-10-14-19-15(20-22-14)12-4-7-16-8-5-12/h4-5,7-8,11,17H,1-3,6,9-10H2,(H,18,21). The largest absolute Gasteiger partial charge is 0.347 e. The van der Waals surface area contributed by atoms with Gasteiger partial charge in [0.15, 0.2) is 0 Å². The van der Waals surface area contributed by atoms with E-state index in [2.05, 4.69) is 25.8 Å². The van der Waals surface area contributed by atoms with Crippen LogP contribution in [0.5, 0.6) is 0 Å². The van der Waals surface area contributed by atoms with Crippen LogP contribution in [0.15, 0.2) is 29.0 Å². The number of nitrogens with zero attached hydrogens (tertiary/aromatic N) is 3. The van der Waals surface area contributed by atoms with Gasteiger partial charge in [0.2, 0.25) is 17.6 Å². The third kappa shape index (κ3) is 3.88. The van der Waals surface area contributed by atoms with Crippen molar-refractivity contribution in [1.82, 2.24) is 25.8 Å². The summed E-state index contributed by atoms with van der Waals surface area (Å²) in [4.78, 5) is 20.0. The topological polar surface area (TPSA) is 92.9 Å². The highest BCUT2D eigenvalue weighted by Gasteiger charge is 2.16. The Morgan fingerprint density at radius 3 is 3.05 bits per heavy atom. The molecule has 7 nitrogen and oxygen atoms in total. The molecule has 1 amide bonds. The quantitative estimate of drug-likeness (QED) is 0.831. The molecule has 1 unspecified atom stereocenters. The third-order valence-electron chi connectivity index (χ3n) is 3.79. The second-order valence-electron chi connectivity index (χ2n) is 5.42. The normalized spacial score (nSPS) is 17.5. The first-order valence-electron chi connectivity index (χ1n) is 7.51. The summed E-state index contributed by atoms with van der Waals surface area (Å²) in [5, 5.41) is 10.0. The Hall–Kier alpha value is -2.28. The predicted octanol–water partition coefficient (Wildman–Crippen LogP) is 1.14. The fourth-order valence-electron chi connectivity index (χ4n) is 2.50. The minimum Gasteiger partial charge on any atom is -0.347 e. The molecular formula is C15H19N5O2. The minimum absolute atomic E-state index is 0.0237. The maximum Gasteiger partial charge on any atom is 0.246 e. The van der Waals surface area contributed by atoms with Crippen molar-refractivity contribution < 1.29 is 9.32 Å². The van der Waals surface area contributed by atoms with Crippen LogP contribution in [0, 0.1) is 5.92 Å². The van der Waals surface area contributed by atoms with Crippen LogP contribution in [-0.4, -0.2) is 34.1 Å². The van der Waals surface area contributed by atoms with E-state index >= 15 is 0 Å². The van der Waals surface area contributed by atoms with Crippen LogP contribution in [-0.2, 0) is 11.3 Å². The number of carbonyl (C=O) groups excluding carboxylic acids is 1. The van der Waals surface area contributed by atoms with E-state index in [9.17, 15) is 4.79 Å². The summed E-state index contributed by atoms with van der Waals surface area (Å²) >= 11 is 0. The zero-order valence-electron chi connectivity index (χ0n) is 12.3. The Kier molecular flexibility index (Phi) is 4.75. The fraction of sp³-hybridized carbons (Fsp3) is 0.467. The van der Waals surface area contributed by atoms with E-state index in [-0.39, 0.29) is 12.5 Å². The first kappa shape index (κ1) is 14.6. The van der Waals surface area contributed by atoms with Gasteiger partial charge in [-0.1, -0.05) is 5.16 Å². The summed E-state index contributed by atoms with van der Waals surface area (Å²) in [5.74, 6) is 1.55. The van der Waals surface area contributed by atoms with Crippen LogP contribution in [0.1, 0.15) is 25.2 Å². The van der Waals surface area contributed by atoms with Crippen molar-refractivity contribution in [2.75, 3.05) is 13.1 Å². The second-order valence-corrected chi connectivity index (χ2v) is 5.42. The summed E-state index contributed by atoms with van der Waals surface area (Å²) in [6.45, 7) is 2.35. The number of rotatable bonds is 6. The SMILES string of the molecule is O=C(CCC1CCNC1)NCc1nc(-c2ccncc2)no1. The van der Waals surface area contributed by atoms with Crippen LogP contribution in [0.2, 0.25) is 0 Å². The first-order valence-corrected chi connectivity index (χ1v) is 7.51. The molecule has 0 aromatic carbocycles. The summed E-state index contributed by atoms with van der Waals surface area (Å²) in [6.07, 6.45) is 5.96. The minimum atomic E-state index is 0.0237. The van der Waals surface area contributed by atoms with Gasteiger partial charge in [-0.2, -0.15) is 4.98 Å². The highest BCUT2D eigenvalue weighted by Crippen LogP contribution is 2.15. The van der Waals surface area contributed by atoms with Gasteiger partial charge in [-0.05, 0) is 44.0 Å². The monoisotopic (exact) mass is 301 g/mol. The van der Waals surface area contributed by atoms with Gasteiger partial charge in [0.1, 0.15) is 0 Å². The van der Waals surface area contributed by atoms with Crippen LogP contribution in [0.4, 0.5) is 0 Å². The van der Waals surface area contributed by atoms with Gasteiger partial charge >= 0.3 is 0 Å². The Labute approximate surface area is 128 Å². The van der Waals surface area contributed by atoms with Crippen molar-refractivity contribution in [3.05, 3.63) is 30.4 Å². The van der Waals surface area contributed by atoms with Crippen molar-refractivity contribution in [3.63, 3.8) is 0 Å². The van der Waals surface area contributed by atoms with E-state index in [1.165, 1.54) is 0 Å². The molecule has 1 atom stereocenters. The van der Waals surface area contributed by atoms with Crippen LogP contribution in [0.3, 0.4) is 0 Å². The molecule has 2 aromatic rings. The molecule has 2 N–H and O–H groups in total. The summed E-state index contributed by atoms with van der Waals surface area (Å²) < 4.78 is 5.14. The number of pyridine rings is 1. The molecule has 0 bridgehead atoms. The highest BCUT2D eigenvalue weighted by molar-refractivity contribution is 5.75. The number of hydrogen-bond donors (Lipinski definition) is 2. The van der Waals surface area contributed by atoms with E-state index in [4.69, 9.17) is 4.52 Å². The van der Waals surface area contributed by atoms with Gasteiger partial charge in [0.25, 0.3) is 0 Å². The van der Waals surface area contributed by atoms with Crippen molar-refractivity contribution in [2.45, 2.75) is 25.8 Å². The molecule has 0 saturated carbocycles. The number of carbonyl (C=O) groups is 1. The van der Waals surface area contributed by atoms with E-state index < -0.39 is 0 Å². The molecule has 1 fully saturated rings. The van der Waals surface area contributed by atoms with Crippen LogP contribution >= 0.6 is 0 Å². The molecule has 3 heterocycles.